The largest absolute Gasteiger partial charge is 0.340 e. The first kappa shape index (κ1) is 22.6. The molecule has 0 unspecified atom stereocenters. The van der Waals surface area contributed by atoms with Crippen LogP contribution in [0, 0.1) is 5.92 Å². The molecule has 5 rings (SSSR count). The summed E-state index contributed by atoms with van der Waals surface area (Å²) >= 11 is 3.55. The zero-order chi connectivity index (χ0) is 22.8. The molecule has 2 aliphatic rings. The maximum absolute atomic E-state index is 13.3. The summed E-state index contributed by atoms with van der Waals surface area (Å²) in [6.07, 6.45) is 2.05. The topological polar surface area (TPSA) is 44.6 Å². The van der Waals surface area contributed by atoms with E-state index >= 15 is 0 Å². The van der Waals surface area contributed by atoms with E-state index in [-0.39, 0.29) is 5.92 Å². The number of likely N-dealkylation sites (tertiary alicyclic amines) is 1. The van der Waals surface area contributed by atoms with Crippen LogP contribution in [0.2, 0.25) is 0 Å². The van der Waals surface area contributed by atoms with Crippen LogP contribution in [0.15, 0.2) is 53.0 Å². The molecule has 0 radical (unpaired) electrons. The van der Waals surface area contributed by atoms with Crippen molar-refractivity contribution >= 4 is 32.9 Å². The second kappa shape index (κ2) is 9.95. The van der Waals surface area contributed by atoms with E-state index in [1.807, 2.05) is 6.07 Å². The molecule has 0 N–H and O–H groups in total. The Morgan fingerprint density at radius 1 is 1.00 bits per heavy atom. The fraction of sp³-hybridized carbons (Fsp3) is 0.462. The number of amides is 1. The van der Waals surface area contributed by atoms with Gasteiger partial charge in [-0.1, -0.05) is 35.0 Å². The lowest BCUT2D eigenvalue weighted by Gasteiger charge is -2.38. The predicted molar refractivity (Wildman–Crippen MR) is 135 cm³/mol. The van der Waals surface area contributed by atoms with Gasteiger partial charge in [0, 0.05) is 42.9 Å². The van der Waals surface area contributed by atoms with E-state index in [4.69, 9.17) is 4.98 Å². The predicted octanol–water partition coefficient (Wildman–Crippen LogP) is 4.16. The number of para-hydroxylation sites is 2. The van der Waals surface area contributed by atoms with Crippen molar-refractivity contribution in [2.75, 3.05) is 45.8 Å². The second-order valence-corrected chi connectivity index (χ2v) is 10.1. The van der Waals surface area contributed by atoms with Crippen molar-refractivity contribution in [2.45, 2.75) is 26.3 Å². The number of halogens is 1. The number of rotatable bonds is 5. The van der Waals surface area contributed by atoms with Crippen LogP contribution in [0.4, 0.5) is 0 Å². The fourth-order valence-electron chi connectivity index (χ4n) is 5.20. The molecule has 2 saturated heterocycles. The molecule has 3 heterocycles. The van der Waals surface area contributed by atoms with E-state index < -0.39 is 0 Å². The second-order valence-electron chi connectivity index (χ2n) is 9.16. The van der Waals surface area contributed by atoms with Gasteiger partial charge in [-0.15, -0.1) is 0 Å². The summed E-state index contributed by atoms with van der Waals surface area (Å²) in [4.78, 5) is 25.2. The monoisotopic (exact) mass is 509 g/mol. The summed E-state index contributed by atoms with van der Waals surface area (Å²) < 4.78 is 3.33. The van der Waals surface area contributed by atoms with Crippen LogP contribution >= 0.6 is 15.9 Å². The Balaban J connectivity index is 1.34. The number of imidazole rings is 1. The van der Waals surface area contributed by atoms with Gasteiger partial charge in [-0.3, -0.25) is 14.3 Å². The molecule has 6 nitrogen and oxygen atoms in total. The lowest BCUT2D eigenvalue weighted by molar-refractivity contribution is -0.139. The first-order valence-electron chi connectivity index (χ1n) is 12.1. The SMILES string of the molecule is CCN1CCN(C(=O)[C@@H]2CCCN(Cc3nc4ccccc4n3-c3ccc(Br)cc3)C2)CC1. The Hall–Kier alpha value is -2.22. The van der Waals surface area contributed by atoms with Crippen LogP contribution < -0.4 is 0 Å². The third kappa shape index (κ3) is 4.86. The molecule has 2 fully saturated rings. The summed E-state index contributed by atoms with van der Waals surface area (Å²) in [7, 11) is 0. The van der Waals surface area contributed by atoms with Crippen LogP contribution in [-0.2, 0) is 11.3 Å². The summed E-state index contributed by atoms with van der Waals surface area (Å²) in [6.45, 7) is 9.55. The van der Waals surface area contributed by atoms with E-state index in [0.717, 1.165) is 92.2 Å². The molecule has 33 heavy (non-hydrogen) atoms. The Morgan fingerprint density at radius 3 is 2.52 bits per heavy atom. The van der Waals surface area contributed by atoms with Gasteiger partial charge in [0.1, 0.15) is 5.82 Å². The third-order valence-corrected chi connectivity index (χ3v) is 7.59. The average Bonchev–Trinajstić information content (AvgIpc) is 3.22. The lowest BCUT2D eigenvalue weighted by atomic mass is 9.96. The van der Waals surface area contributed by atoms with Crippen molar-refractivity contribution in [1.82, 2.24) is 24.3 Å². The molecule has 0 spiro atoms. The van der Waals surface area contributed by atoms with E-state index in [2.05, 4.69) is 84.6 Å². The first-order chi connectivity index (χ1) is 16.1. The number of benzene rings is 2. The van der Waals surface area contributed by atoms with Gasteiger partial charge in [0.2, 0.25) is 5.91 Å². The standard InChI is InChI=1S/C26H32BrN5O/c1-2-29-14-16-31(17-15-29)26(33)20-6-5-13-30(18-20)19-25-28-23-7-3-4-8-24(23)32(25)22-11-9-21(27)10-12-22/h3-4,7-12,20H,2,5-6,13-19H2,1H3/t20-/m1/s1. The molecular formula is C26H32BrN5O. The van der Waals surface area contributed by atoms with E-state index in [9.17, 15) is 4.79 Å². The van der Waals surface area contributed by atoms with Crippen LogP contribution in [0.25, 0.3) is 16.7 Å². The normalized spacial score (nSPS) is 20.4. The average molecular weight is 510 g/mol. The minimum atomic E-state index is 0.0948. The smallest absolute Gasteiger partial charge is 0.227 e. The van der Waals surface area contributed by atoms with Gasteiger partial charge >= 0.3 is 0 Å². The Kier molecular flexibility index (Phi) is 6.81. The van der Waals surface area contributed by atoms with Gasteiger partial charge in [0.25, 0.3) is 0 Å². The maximum atomic E-state index is 13.3. The highest BCUT2D eigenvalue weighted by molar-refractivity contribution is 9.10. The summed E-state index contributed by atoms with van der Waals surface area (Å²) in [6, 6.07) is 16.7. The minimum Gasteiger partial charge on any atom is -0.340 e. The molecule has 0 saturated carbocycles. The zero-order valence-electron chi connectivity index (χ0n) is 19.3. The van der Waals surface area contributed by atoms with Crippen molar-refractivity contribution in [2.24, 2.45) is 5.92 Å². The highest BCUT2D eigenvalue weighted by atomic mass is 79.9. The van der Waals surface area contributed by atoms with E-state index in [0.29, 0.717) is 5.91 Å². The number of hydrogen-bond donors (Lipinski definition) is 0. The number of carbonyl (C=O) groups excluding carboxylic acids is 1. The molecular weight excluding hydrogens is 478 g/mol. The number of fused-ring (bicyclic) bond motifs is 1. The zero-order valence-corrected chi connectivity index (χ0v) is 20.9. The molecule has 0 bridgehead atoms. The van der Waals surface area contributed by atoms with Crippen molar-refractivity contribution in [3.63, 3.8) is 0 Å². The number of nitrogens with zero attached hydrogens (tertiary/aromatic N) is 5. The van der Waals surface area contributed by atoms with Gasteiger partial charge in [-0.25, -0.2) is 4.98 Å². The van der Waals surface area contributed by atoms with Gasteiger partial charge in [0.05, 0.1) is 23.5 Å². The van der Waals surface area contributed by atoms with Gasteiger partial charge < -0.3 is 9.80 Å². The summed E-state index contributed by atoms with van der Waals surface area (Å²) in [5.74, 6) is 1.47. The quantitative estimate of drug-likeness (QED) is 0.517. The number of hydrogen-bond acceptors (Lipinski definition) is 4. The van der Waals surface area contributed by atoms with Crippen LogP contribution in [0.3, 0.4) is 0 Å². The van der Waals surface area contributed by atoms with Crippen molar-refractivity contribution in [3.8, 4) is 5.69 Å². The highest BCUT2D eigenvalue weighted by Gasteiger charge is 2.31. The maximum Gasteiger partial charge on any atom is 0.227 e. The number of piperazine rings is 1. The number of piperidine rings is 1. The molecule has 0 aliphatic carbocycles. The first-order valence-corrected chi connectivity index (χ1v) is 12.9. The fourth-order valence-corrected chi connectivity index (χ4v) is 5.47. The highest BCUT2D eigenvalue weighted by Crippen LogP contribution is 2.26. The third-order valence-electron chi connectivity index (χ3n) is 7.07. The molecule has 1 aromatic heterocycles. The van der Waals surface area contributed by atoms with E-state index in [1.54, 1.807) is 0 Å². The van der Waals surface area contributed by atoms with Crippen LogP contribution in [0.1, 0.15) is 25.6 Å². The van der Waals surface area contributed by atoms with Gasteiger partial charge in [-0.2, -0.15) is 0 Å². The van der Waals surface area contributed by atoms with Crippen LogP contribution in [0.5, 0.6) is 0 Å². The summed E-state index contributed by atoms with van der Waals surface area (Å²) in [5.41, 5.74) is 3.24. The van der Waals surface area contributed by atoms with Crippen molar-refractivity contribution in [1.29, 1.82) is 0 Å². The number of carbonyl (C=O) groups is 1. The molecule has 2 aromatic carbocycles. The van der Waals surface area contributed by atoms with Crippen molar-refractivity contribution in [3.05, 3.63) is 58.8 Å². The Labute approximate surface area is 204 Å². The molecule has 2 aliphatic heterocycles. The molecule has 1 amide bonds. The molecule has 174 valence electrons. The molecule has 7 heteroatoms. The van der Waals surface area contributed by atoms with Crippen LogP contribution in [-0.4, -0.2) is 76.0 Å². The van der Waals surface area contributed by atoms with Crippen molar-refractivity contribution < 1.29 is 4.79 Å². The number of aromatic nitrogens is 2. The Morgan fingerprint density at radius 2 is 1.76 bits per heavy atom. The van der Waals surface area contributed by atoms with E-state index in [1.165, 1.54) is 0 Å². The molecule has 3 aromatic rings. The van der Waals surface area contributed by atoms with Gasteiger partial charge in [0.15, 0.2) is 0 Å². The summed E-state index contributed by atoms with van der Waals surface area (Å²) in [5, 5.41) is 0. The lowest BCUT2D eigenvalue weighted by Crippen LogP contribution is -2.52. The minimum absolute atomic E-state index is 0.0948. The molecule has 1 atom stereocenters. The van der Waals surface area contributed by atoms with Gasteiger partial charge in [-0.05, 0) is 62.3 Å². The number of likely N-dealkylation sites (N-methyl/N-ethyl adjacent to an activating group) is 1. The Bertz CT molecular complexity index is 1100.